The zero-order valence-electron chi connectivity index (χ0n) is 7.65. The molecule has 62 valence electrons. The van der Waals surface area contributed by atoms with E-state index in [0.717, 1.165) is 16.9 Å². The summed E-state index contributed by atoms with van der Waals surface area (Å²) < 4.78 is 5.11. The van der Waals surface area contributed by atoms with Gasteiger partial charge in [-0.05, 0) is 0 Å². The average molecular weight is 239 g/mol. The van der Waals surface area contributed by atoms with Crippen LogP contribution in [-0.2, 0) is 0 Å². The topological polar surface area (TPSA) is 9.23 Å². The predicted molar refractivity (Wildman–Crippen MR) is 47.1 cm³/mol. The van der Waals surface area contributed by atoms with Gasteiger partial charge in [0.15, 0.2) is 0 Å². The zero-order chi connectivity index (χ0) is 7.56. The molecule has 0 atom stereocenters. The van der Waals surface area contributed by atoms with Crippen molar-refractivity contribution < 1.29 is 21.7 Å². The number of halogens is 1. The Kier molecular flexibility index (Phi) is 8.31. The first-order valence-corrected chi connectivity index (χ1v) is 3.27. The molecule has 12 heavy (non-hydrogen) atoms. The molecule has 1 rings (SSSR count). The first kappa shape index (κ1) is 14.8. The number of benzene rings is 1. The molecule has 3 heteroatoms. The first-order valence-electron chi connectivity index (χ1n) is 3.27. The summed E-state index contributed by atoms with van der Waals surface area (Å²) in [6, 6.07) is 7.01. The van der Waals surface area contributed by atoms with E-state index in [2.05, 4.69) is 6.07 Å². The van der Waals surface area contributed by atoms with Crippen LogP contribution < -0.4 is 21.7 Å². The third-order valence-corrected chi connectivity index (χ3v) is 1.47. The molecular weight excluding hydrogens is 228 g/mol. The Bertz CT molecular complexity index is 238. The smallest absolute Gasteiger partial charge is 1.00 e. The fourth-order valence-electron chi connectivity index (χ4n) is 0.865. The molecule has 0 heterocycles. The van der Waals surface area contributed by atoms with Crippen LogP contribution in [0.3, 0.4) is 0 Å². The summed E-state index contributed by atoms with van der Waals surface area (Å²) in [6.45, 7) is 4.01. The van der Waals surface area contributed by atoms with Crippen LogP contribution in [0.5, 0.6) is 5.75 Å². The Balaban J connectivity index is 0. The van der Waals surface area contributed by atoms with Crippen LogP contribution >= 0.6 is 0 Å². The minimum atomic E-state index is 0. The van der Waals surface area contributed by atoms with Gasteiger partial charge in [-0.25, -0.2) is 0 Å². The van der Waals surface area contributed by atoms with Crippen molar-refractivity contribution in [3.63, 3.8) is 0 Å². The second-order valence-corrected chi connectivity index (χ2v) is 2.37. The number of methoxy groups -OCH3 is 1. The van der Waals surface area contributed by atoms with Crippen LogP contribution in [0.25, 0.3) is 0 Å². The average Bonchev–Trinajstić information content (AvgIpc) is 1.94. The Morgan fingerprint density at radius 1 is 1.33 bits per heavy atom. The molecule has 0 fully saturated rings. The van der Waals surface area contributed by atoms with Crippen molar-refractivity contribution in [3.8, 4) is 5.75 Å². The van der Waals surface area contributed by atoms with Crippen molar-refractivity contribution >= 4 is 23.1 Å². The number of aryl methyl sites for hydroxylation is 2. The Labute approximate surface area is 100 Å². The van der Waals surface area contributed by atoms with Gasteiger partial charge in [0.1, 0.15) is 0 Å². The zero-order valence-corrected chi connectivity index (χ0v) is 10.6. The van der Waals surface area contributed by atoms with E-state index < -0.39 is 0 Å². The third-order valence-electron chi connectivity index (χ3n) is 1.47. The standard InChI is InChI=1S/C9H11O.BrH.Mg/c1-7-4-5-8(2)9(6-7)10-3;;/h5-6H,1-3H3;1H;/q-1;;+2/p-1. The molecule has 1 nitrogen and oxygen atoms in total. The monoisotopic (exact) mass is 238 g/mol. The summed E-state index contributed by atoms with van der Waals surface area (Å²) in [5, 5.41) is 0. The molecule has 0 unspecified atom stereocenters. The van der Waals surface area contributed by atoms with E-state index in [4.69, 9.17) is 4.74 Å². The maximum absolute atomic E-state index is 5.11. The first-order chi connectivity index (χ1) is 4.74. The van der Waals surface area contributed by atoms with E-state index in [9.17, 15) is 0 Å². The Morgan fingerprint density at radius 3 is 2.33 bits per heavy atom. The normalized spacial score (nSPS) is 7.92. The number of rotatable bonds is 1. The second-order valence-electron chi connectivity index (χ2n) is 2.37. The van der Waals surface area contributed by atoms with Crippen molar-refractivity contribution in [2.75, 3.05) is 7.11 Å². The van der Waals surface area contributed by atoms with Crippen LogP contribution in [0.4, 0.5) is 0 Å². The van der Waals surface area contributed by atoms with Crippen molar-refractivity contribution in [1.82, 2.24) is 0 Å². The van der Waals surface area contributed by atoms with Gasteiger partial charge in [-0.1, -0.05) is 13.8 Å². The van der Waals surface area contributed by atoms with Crippen LogP contribution in [0.15, 0.2) is 12.1 Å². The number of hydrogen-bond acceptors (Lipinski definition) is 1. The summed E-state index contributed by atoms with van der Waals surface area (Å²) in [4.78, 5) is 0. The number of ether oxygens (including phenoxy) is 1. The Hall–Kier alpha value is 0.266. The quantitative estimate of drug-likeness (QED) is 0.439. The molecule has 0 aromatic heterocycles. The van der Waals surface area contributed by atoms with Gasteiger partial charge in [0.25, 0.3) is 0 Å². The van der Waals surface area contributed by atoms with Crippen molar-refractivity contribution in [2.24, 2.45) is 0 Å². The predicted octanol–water partition coefficient (Wildman–Crippen LogP) is -1.26. The molecule has 0 N–H and O–H groups in total. The summed E-state index contributed by atoms with van der Waals surface area (Å²) >= 11 is 0. The summed E-state index contributed by atoms with van der Waals surface area (Å²) in [6.07, 6.45) is 0. The number of hydrogen-bond donors (Lipinski definition) is 0. The van der Waals surface area contributed by atoms with Crippen molar-refractivity contribution in [3.05, 3.63) is 29.3 Å². The summed E-state index contributed by atoms with van der Waals surface area (Å²) in [5.74, 6) is 0.941. The maximum atomic E-state index is 5.11. The van der Waals surface area contributed by atoms with Gasteiger partial charge in [-0.2, -0.15) is 17.7 Å². The van der Waals surface area contributed by atoms with Gasteiger partial charge in [-0.15, -0.1) is 11.6 Å². The van der Waals surface area contributed by atoms with Gasteiger partial charge in [0.2, 0.25) is 0 Å². The molecule has 0 radical (unpaired) electrons. The molecule has 0 aliphatic carbocycles. The Morgan fingerprint density at radius 2 is 1.92 bits per heavy atom. The maximum Gasteiger partial charge on any atom is 2.00 e. The SMILES string of the molecule is COc1cc(C)[c-]cc1C.[Br-].[Mg+2]. The fourth-order valence-corrected chi connectivity index (χ4v) is 0.865. The van der Waals surface area contributed by atoms with Gasteiger partial charge >= 0.3 is 23.1 Å². The second kappa shape index (κ2) is 6.75. The van der Waals surface area contributed by atoms with Gasteiger partial charge in [0.05, 0.1) is 7.11 Å². The molecule has 0 spiro atoms. The van der Waals surface area contributed by atoms with E-state index in [1.54, 1.807) is 7.11 Å². The minimum absolute atomic E-state index is 0. The van der Waals surface area contributed by atoms with Crippen LogP contribution in [0.1, 0.15) is 11.1 Å². The van der Waals surface area contributed by atoms with E-state index >= 15 is 0 Å². The minimum Gasteiger partial charge on any atom is -1.00 e. The summed E-state index contributed by atoms with van der Waals surface area (Å²) in [5.41, 5.74) is 2.25. The molecule has 0 bridgehead atoms. The van der Waals surface area contributed by atoms with E-state index in [1.807, 2.05) is 26.0 Å². The summed E-state index contributed by atoms with van der Waals surface area (Å²) in [7, 11) is 1.68. The third kappa shape index (κ3) is 3.78. The van der Waals surface area contributed by atoms with Gasteiger partial charge in [0, 0.05) is 5.75 Å². The van der Waals surface area contributed by atoms with Crippen LogP contribution in [0, 0.1) is 19.9 Å². The van der Waals surface area contributed by atoms with E-state index in [-0.39, 0.29) is 40.0 Å². The van der Waals surface area contributed by atoms with Gasteiger partial charge < -0.3 is 21.7 Å². The molecule has 0 saturated carbocycles. The molecule has 0 saturated heterocycles. The van der Waals surface area contributed by atoms with Crippen LogP contribution in [-0.4, -0.2) is 30.2 Å². The molecule has 0 aliphatic rings. The molecule has 1 aromatic rings. The van der Waals surface area contributed by atoms with Crippen molar-refractivity contribution in [1.29, 1.82) is 0 Å². The molecule has 0 aliphatic heterocycles. The largest absolute Gasteiger partial charge is 2.00 e. The van der Waals surface area contributed by atoms with E-state index in [0.29, 0.717) is 0 Å². The fraction of sp³-hybridized carbons (Fsp3) is 0.333. The van der Waals surface area contributed by atoms with E-state index in [1.165, 1.54) is 0 Å². The van der Waals surface area contributed by atoms with Gasteiger partial charge in [-0.3, -0.25) is 0 Å². The molecule has 1 aromatic carbocycles. The molecular formula is C9H11BrMgO. The van der Waals surface area contributed by atoms with Crippen LogP contribution in [0.2, 0.25) is 0 Å². The molecule has 0 amide bonds. The van der Waals surface area contributed by atoms with Crippen molar-refractivity contribution in [2.45, 2.75) is 13.8 Å².